The zero-order valence-corrected chi connectivity index (χ0v) is 16.8. The molecule has 8 heteroatoms. The molecule has 3 heterocycles. The van der Waals surface area contributed by atoms with Crippen molar-refractivity contribution in [2.45, 2.75) is 31.0 Å². The summed E-state index contributed by atoms with van der Waals surface area (Å²) in [6.45, 7) is 1.69. The number of hydrogen-bond donors (Lipinski definition) is 3. The number of anilines is 1. The maximum Gasteiger partial charge on any atom is 0.250 e. The number of likely N-dealkylation sites (tertiary alicyclic amines) is 1. The van der Waals surface area contributed by atoms with E-state index in [0.29, 0.717) is 17.7 Å². The summed E-state index contributed by atoms with van der Waals surface area (Å²) in [6, 6.07) is 12.5. The van der Waals surface area contributed by atoms with Gasteiger partial charge in [-0.2, -0.15) is 0 Å². The molecule has 3 aliphatic rings. The van der Waals surface area contributed by atoms with E-state index >= 15 is 0 Å². The molecule has 0 aliphatic carbocycles. The first-order chi connectivity index (χ1) is 14.8. The van der Waals surface area contributed by atoms with E-state index < -0.39 is 53.1 Å². The average Bonchev–Trinajstić information content (AvgIpc) is 3.33. The van der Waals surface area contributed by atoms with Gasteiger partial charge in [0.25, 0.3) is 0 Å². The van der Waals surface area contributed by atoms with E-state index in [2.05, 4.69) is 10.6 Å². The van der Waals surface area contributed by atoms with Crippen LogP contribution in [0.25, 0.3) is 0 Å². The van der Waals surface area contributed by atoms with E-state index in [1.54, 1.807) is 0 Å². The molecule has 31 heavy (non-hydrogen) atoms. The van der Waals surface area contributed by atoms with Gasteiger partial charge >= 0.3 is 0 Å². The van der Waals surface area contributed by atoms with Crippen molar-refractivity contribution in [2.75, 3.05) is 11.9 Å². The second-order valence-corrected chi connectivity index (χ2v) is 8.43. The second-order valence-electron chi connectivity index (χ2n) is 8.43. The van der Waals surface area contributed by atoms with E-state index in [9.17, 15) is 23.9 Å². The number of rotatable bonds is 4. The lowest BCUT2D eigenvalue weighted by Gasteiger charge is -2.30. The van der Waals surface area contributed by atoms with E-state index in [-0.39, 0.29) is 6.54 Å². The van der Waals surface area contributed by atoms with E-state index in [1.807, 2.05) is 30.3 Å². The highest BCUT2D eigenvalue weighted by Gasteiger charge is 2.71. The highest BCUT2D eigenvalue weighted by Crippen LogP contribution is 2.53. The van der Waals surface area contributed by atoms with Gasteiger partial charge in [0.1, 0.15) is 11.4 Å². The Hall–Kier alpha value is -3.10. The van der Waals surface area contributed by atoms with E-state index in [4.69, 9.17) is 0 Å². The van der Waals surface area contributed by atoms with Crippen LogP contribution in [0.2, 0.25) is 0 Å². The van der Waals surface area contributed by atoms with Crippen LogP contribution in [-0.2, 0) is 26.3 Å². The smallest absolute Gasteiger partial charge is 0.250 e. The Morgan fingerprint density at radius 3 is 2.58 bits per heavy atom. The molecule has 5 atom stereocenters. The fraction of sp³-hybridized carbons (Fsp3) is 0.348. The fourth-order valence-electron chi connectivity index (χ4n) is 5.28. The number of nitrogens with zero attached hydrogens (tertiary/aromatic N) is 1. The van der Waals surface area contributed by atoms with Crippen molar-refractivity contribution < 1.29 is 23.9 Å². The maximum atomic E-state index is 14.1. The number of carbonyl (C=O) groups is 3. The first-order valence-corrected chi connectivity index (χ1v) is 10.3. The predicted molar refractivity (Wildman–Crippen MR) is 109 cm³/mol. The van der Waals surface area contributed by atoms with Gasteiger partial charge in [-0.25, -0.2) is 4.39 Å². The minimum Gasteiger partial charge on any atom is -0.392 e. The van der Waals surface area contributed by atoms with Crippen molar-refractivity contribution >= 4 is 23.4 Å². The standard InChI is InChI=1S/C23H22FN3O4/c1-12(28)19-17-18(21(30)27(20(17)29)10-9-13-5-3-2-4-6-13)23(26-19)15-11-14(24)7-8-16(15)25-22(23)31/h2-8,11-12,17-19,26,28H,9-10H2,1H3,(H,25,31)/t12-,17+,18+,19-,23+/m1/s1. The molecule has 2 saturated heterocycles. The molecule has 3 amide bonds. The number of nitrogens with one attached hydrogen (secondary N) is 2. The Morgan fingerprint density at radius 1 is 1.13 bits per heavy atom. The third-order valence-electron chi connectivity index (χ3n) is 6.69. The first kappa shape index (κ1) is 19.8. The molecular formula is C23H22FN3O4. The van der Waals surface area contributed by atoms with Gasteiger partial charge in [0.15, 0.2) is 0 Å². The monoisotopic (exact) mass is 423 g/mol. The van der Waals surface area contributed by atoms with Gasteiger partial charge in [0.2, 0.25) is 17.7 Å². The number of aliphatic hydroxyl groups is 1. The highest BCUT2D eigenvalue weighted by molar-refractivity contribution is 6.15. The number of fused-ring (bicyclic) bond motifs is 4. The van der Waals surface area contributed by atoms with Crippen molar-refractivity contribution in [3.8, 4) is 0 Å². The maximum absolute atomic E-state index is 14.1. The molecule has 2 fully saturated rings. The largest absolute Gasteiger partial charge is 0.392 e. The third-order valence-corrected chi connectivity index (χ3v) is 6.69. The Bertz CT molecular complexity index is 1090. The summed E-state index contributed by atoms with van der Waals surface area (Å²) in [5.41, 5.74) is 0.0672. The summed E-state index contributed by atoms with van der Waals surface area (Å²) in [6.07, 6.45) is -0.516. The van der Waals surface area contributed by atoms with Gasteiger partial charge < -0.3 is 10.4 Å². The van der Waals surface area contributed by atoms with Crippen LogP contribution in [0.1, 0.15) is 18.1 Å². The second kappa shape index (κ2) is 6.96. The summed E-state index contributed by atoms with van der Waals surface area (Å²) in [5, 5.41) is 16.1. The number of halogens is 1. The fourth-order valence-corrected chi connectivity index (χ4v) is 5.28. The lowest BCUT2D eigenvalue weighted by molar-refractivity contribution is -0.143. The van der Waals surface area contributed by atoms with Gasteiger partial charge in [-0.05, 0) is 37.1 Å². The number of carbonyl (C=O) groups excluding carboxylic acids is 3. The van der Waals surface area contributed by atoms with Crippen molar-refractivity contribution in [1.82, 2.24) is 10.2 Å². The average molecular weight is 423 g/mol. The summed E-state index contributed by atoms with van der Waals surface area (Å²) in [7, 11) is 0. The zero-order chi connectivity index (χ0) is 21.9. The summed E-state index contributed by atoms with van der Waals surface area (Å²) in [5.74, 6) is -3.93. The van der Waals surface area contributed by atoms with Gasteiger partial charge in [-0.3, -0.25) is 24.6 Å². The van der Waals surface area contributed by atoms with Crippen LogP contribution >= 0.6 is 0 Å². The topological polar surface area (TPSA) is 98.7 Å². The quantitative estimate of drug-likeness (QED) is 0.642. The molecule has 160 valence electrons. The summed E-state index contributed by atoms with van der Waals surface area (Å²) >= 11 is 0. The molecule has 3 aliphatic heterocycles. The third kappa shape index (κ3) is 2.75. The molecule has 0 unspecified atom stereocenters. The van der Waals surface area contributed by atoms with E-state index in [0.717, 1.165) is 5.56 Å². The first-order valence-electron chi connectivity index (χ1n) is 10.3. The molecule has 1 spiro atoms. The van der Waals surface area contributed by atoms with Crippen molar-refractivity contribution in [1.29, 1.82) is 0 Å². The number of hydrogen-bond acceptors (Lipinski definition) is 5. The van der Waals surface area contributed by atoms with Gasteiger partial charge in [-0.15, -0.1) is 0 Å². The Labute approximate surface area is 178 Å². The van der Waals surface area contributed by atoms with Gasteiger partial charge in [0, 0.05) is 23.8 Å². The lowest BCUT2D eigenvalue weighted by atomic mass is 9.76. The molecule has 0 aromatic heterocycles. The molecule has 3 N–H and O–H groups in total. The Morgan fingerprint density at radius 2 is 1.87 bits per heavy atom. The molecule has 2 aromatic carbocycles. The highest BCUT2D eigenvalue weighted by atomic mass is 19.1. The van der Waals surface area contributed by atoms with Crippen LogP contribution in [0.5, 0.6) is 0 Å². The lowest BCUT2D eigenvalue weighted by Crippen LogP contribution is -2.55. The van der Waals surface area contributed by atoms with Crippen LogP contribution in [0, 0.1) is 17.7 Å². The number of benzene rings is 2. The minimum absolute atomic E-state index is 0.176. The minimum atomic E-state index is -1.60. The van der Waals surface area contributed by atoms with Crippen LogP contribution in [0.4, 0.5) is 10.1 Å². The van der Waals surface area contributed by atoms with Gasteiger partial charge in [0.05, 0.1) is 17.9 Å². The normalized spacial score (nSPS) is 30.0. The number of imide groups is 1. The summed E-state index contributed by atoms with van der Waals surface area (Å²) in [4.78, 5) is 41.1. The van der Waals surface area contributed by atoms with Crippen LogP contribution in [-0.4, -0.2) is 46.4 Å². The number of aliphatic hydroxyl groups excluding tert-OH is 1. The van der Waals surface area contributed by atoms with Crippen LogP contribution < -0.4 is 10.6 Å². The van der Waals surface area contributed by atoms with Crippen molar-refractivity contribution in [2.24, 2.45) is 11.8 Å². The zero-order valence-electron chi connectivity index (χ0n) is 16.8. The van der Waals surface area contributed by atoms with Crippen LogP contribution in [0.3, 0.4) is 0 Å². The molecule has 0 saturated carbocycles. The van der Waals surface area contributed by atoms with E-state index in [1.165, 1.54) is 30.0 Å². The molecular weight excluding hydrogens is 401 g/mol. The van der Waals surface area contributed by atoms with Gasteiger partial charge in [-0.1, -0.05) is 30.3 Å². The number of amides is 3. The van der Waals surface area contributed by atoms with Crippen molar-refractivity contribution in [3.05, 3.63) is 65.5 Å². The van der Waals surface area contributed by atoms with Crippen LogP contribution in [0.15, 0.2) is 48.5 Å². The molecule has 0 bridgehead atoms. The molecule has 5 rings (SSSR count). The Balaban J connectivity index is 1.55. The summed E-state index contributed by atoms with van der Waals surface area (Å²) < 4.78 is 14.1. The predicted octanol–water partition coefficient (Wildman–Crippen LogP) is 1.17. The SMILES string of the molecule is C[C@@H](O)[C@H]1N[C@]2(C(=O)Nc3ccc(F)cc32)[C@@H]2C(=O)N(CCc3ccccc3)C(=O)[C@H]12. The molecule has 7 nitrogen and oxygen atoms in total. The Kier molecular flexibility index (Phi) is 4.46. The molecule has 0 radical (unpaired) electrons. The molecule has 2 aromatic rings. The van der Waals surface area contributed by atoms with Crippen molar-refractivity contribution in [3.63, 3.8) is 0 Å².